The van der Waals surface area contributed by atoms with E-state index < -0.39 is 17.6 Å². The molecule has 0 aliphatic carbocycles. The summed E-state index contributed by atoms with van der Waals surface area (Å²) >= 11 is 2.28. The zero-order valence-corrected chi connectivity index (χ0v) is 19.3. The van der Waals surface area contributed by atoms with E-state index in [2.05, 4.69) is 15.3 Å². The van der Waals surface area contributed by atoms with Crippen molar-refractivity contribution < 1.29 is 18.0 Å². The van der Waals surface area contributed by atoms with Crippen LogP contribution in [0.1, 0.15) is 19.4 Å². The largest absolute Gasteiger partial charge is 0.418 e. The van der Waals surface area contributed by atoms with Gasteiger partial charge in [0.15, 0.2) is 5.16 Å². The van der Waals surface area contributed by atoms with Crippen LogP contribution >= 0.6 is 23.1 Å². The number of fused-ring (bicyclic) bond motifs is 3. The van der Waals surface area contributed by atoms with Gasteiger partial charge in [0, 0.05) is 18.1 Å². The smallest absolute Gasteiger partial charge is 0.325 e. The number of amides is 1. The molecule has 0 aliphatic rings. The van der Waals surface area contributed by atoms with Crippen molar-refractivity contribution in [2.75, 3.05) is 11.1 Å². The number of pyridine rings is 1. The van der Waals surface area contributed by atoms with Crippen molar-refractivity contribution >= 4 is 55.1 Å². The van der Waals surface area contributed by atoms with Crippen molar-refractivity contribution in [3.8, 4) is 0 Å². The zero-order valence-electron chi connectivity index (χ0n) is 17.6. The number of carbonyl (C=O) groups excluding carboxylic acids is 1. The predicted molar refractivity (Wildman–Crippen MR) is 125 cm³/mol. The lowest BCUT2D eigenvalue weighted by Gasteiger charge is -2.15. The number of anilines is 1. The molecule has 1 aromatic carbocycles. The van der Waals surface area contributed by atoms with Crippen LogP contribution in [0.25, 0.3) is 20.4 Å². The molecule has 1 N–H and O–H groups in total. The van der Waals surface area contributed by atoms with Crippen molar-refractivity contribution in [1.82, 2.24) is 14.5 Å². The van der Waals surface area contributed by atoms with Crippen molar-refractivity contribution in [3.63, 3.8) is 0 Å². The molecule has 4 rings (SSSR count). The van der Waals surface area contributed by atoms with E-state index >= 15 is 0 Å². The van der Waals surface area contributed by atoms with Gasteiger partial charge in [0.05, 0.1) is 22.5 Å². The van der Waals surface area contributed by atoms with Crippen LogP contribution in [0.4, 0.5) is 18.9 Å². The van der Waals surface area contributed by atoms with E-state index in [1.807, 2.05) is 19.9 Å². The first kappa shape index (κ1) is 23.2. The Bertz CT molecular complexity index is 1400. The van der Waals surface area contributed by atoms with Crippen LogP contribution in [0.2, 0.25) is 0 Å². The van der Waals surface area contributed by atoms with E-state index in [1.54, 1.807) is 12.3 Å². The normalized spacial score (nSPS) is 12.1. The molecule has 33 heavy (non-hydrogen) atoms. The molecule has 0 aliphatic heterocycles. The first-order valence-corrected chi connectivity index (χ1v) is 11.8. The van der Waals surface area contributed by atoms with E-state index in [-0.39, 0.29) is 22.9 Å². The second-order valence-electron chi connectivity index (χ2n) is 7.72. The molecule has 1 amide bonds. The molecule has 6 nitrogen and oxygen atoms in total. The summed E-state index contributed by atoms with van der Waals surface area (Å²) in [7, 11) is 0. The number of thioether (sulfide) groups is 1. The zero-order chi connectivity index (χ0) is 23.8. The first-order valence-electron chi connectivity index (χ1n) is 10.0. The van der Waals surface area contributed by atoms with Crippen LogP contribution in [0, 0.1) is 5.92 Å². The quantitative estimate of drug-likeness (QED) is 0.288. The Hall–Kier alpha value is -2.92. The molecule has 0 fully saturated rings. The number of alkyl halides is 3. The van der Waals surface area contributed by atoms with E-state index in [0.29, 0.717) is 26.7 Å². The molecular formula is C22H19F3N4O2S2. The fraction of sp³-hybridized carbons (Fsp3) is 0.273. The summed E-state index contributed by atoms with van der Waals surface area (Å²) in [6.07, 6.45) is -2.95. The summed E-state index contributed by atoms with van der Waals surface area (Å²) < 4.78 is 41.6. The third-order valence-electron chi connectivity index (χ3n) is 4.70. The van der Waals surface area contributed by atoms with Gasteiger partial charge in [0.25, 0.3) is 5.56 Å². The van der Waals surface area contributed by atoms with Gasteiger partial charge in [-0.25, -0.2) is 9.97 Å². The standard InChI is InChI=1S/C22H19F3N4O2S2/c1-12(2)10-29-20(31)18-17(13-6-5-9-26-19(13)33-18)28-21(29)32-11-16(30)27-15-8-4-3-7-14(15)22(23,24)25/h3-9,12H,10-11H2,1-2H3,(H,27,30). The number of halogens is 3. The number of thiophene rings is 1. The van der Waals surface area contributed by atoms with Gasteiger partial charge < -0.3 is 5.32 Å². The lowest BCUT2D eigenvalue weighted by molar-refractivity contribution is -0.137. The summed E-state index contributed by atoms with van der Waals surface area (Å²) in [6, 6.07) is 8.38. The molecule has 4 aromatic rings. The minimum Gasteiger partial charge on any atom is -0.325 e. The minimum absolute atomic E-state index is 0.140. The number of rotatable bonds is 6. The average molecular weight is 493 g/mol. The van der Waals surface area contributed by atoms with Gasteiger partial charge in [-0.15, -0.1) is 11.3 Å². The Morgan fingerprint density at radius 2 is 1.97 bits per heavy atom. The lowest BCUT2D eigenvalue weighted by Crippen LogP contribution is -2.25. The molecule has 0 saturated heterocycles. The Morgan fingerprint density at radius 3 is 2.70 bits per heavy atom. The SMILES string of the molecule is CC(C)Cn1c(SCC(=O)Nc2ccccc2C(F)(F)F)nc2c(sc3ncccc32)c1=O. The maximum Gasteiger partial charge on any atom is 0.418 e. The summed E-state index contributed by atoms with van der Waals surface area (Å²) in [5.41, 5.74) is -0.939. The van der Waals surface area contributed by atoms with E-state index in [4.69, 9.17) is 0 Å². The van der Waals surface area contributed by atoms with Gasteiger partial charge in [-0.2, -0.15) is 13.2 Å². The van der Waals surface area contributed by atoms with Crippen molar-refractivity contribution in [3.05, 3.63) is 58.5 Å². The van der Waals surface area contributed by atoms with E-state index in [1.165, 1.54) is 34.1 Å². The fourth-order valence-corrected chi connectivity index (χ4v) is 5.17. The minimum atomic E-state index is -4.59. The third-order valence-corrected chi connectivity index (χ3v) is 6.77. The maximum absolute atomic E-state index is 13.2. The van der Waals surface area contributed by atoms with Gasteiger partial charge in [-0.1, -0.05) is 37.7 Å². The highest BCUT2D eigenvalue weighted by Gasteiger charge is 2.33. The molecule has 0 atom stereocenters. The molecule has 3 aromatic heterocycles. The fourth-order valence-electron chi connectivity index (χ4n) is 3.33. The van der Waals surface area contributed by atoms with Gasteiger partial charge in [0.1, 0.15) is 9.53 Å². The van der Waals surface area contributed by atoms with E-state index in [9.17, 15) is 22.8 Å². The summed E-state index contributed by atoms with van der Waals surface area (Å²) in [6.45, 7) is 4.31. The molecule has 11 heteroatoms. The number of nitrogens with zero attached hydrogens (tertiary/aromatic N) is 3. The van der Waals surface area contributed by atoms with Gasteiger partial charge >= 0.3 is 6.18 Å². The predicted octanol–water partition coefficient (Wildman–Crippen LogP) is 5.41. The Labute approximate surface area is 194 Å². The Balaban J connectivity index is 1.65. The lowest BCUT2D eigenvalue weighted by atomic mass is 10.1. The Kier molecular flexibility index (Phi) is 6.44. The van der Waals surface area contributed by atoms with Crippen molar-refractivity contribution in [2.24, 2.45) is 5.92 Å². The monoisotopic (exact) mass is 492 g/mol. The van der Waals surface area contributed by atoms with Crippen LogP contribution in [0.15, 0.2) is 52.5 Å². The summed E-state index contributed by atoms with van der Waals surface area (Å²) in [5.74, 6) is -0.692. The third kappa shape index (κ3) is 4.88. The van der Waals surface area contributed by atoms with Gasteiger partial charge in [0.2, 0.25) is 5.91 Å². The first-order chi connectivity index (χ1) is 15.6. The van der Waals surface area contributed by atoms with Crippen LogP contribution in [0.3, 0.4) is 0 Å². The molecular weight excluding hydrogens is 473 g/mol. The molecule has 0 radical (unpaired) electrons. The van der Waals surface area contributed by atoms with Crippen LogP contribution in [-0.4, -0.2) is 26.2 Å². The number of hydrogen-bond acceptors (Lipinski definition) is 6. The van der Waals surface area contributed by atoms with Crippen LogP contribution < -0.4 is 10.9 Å². The molecule has 0 bridgehead atoms. The highest BCUT2D eigenvalue weighted by Crippen LogP contribution is 2.35. The maximum atomic E-state index is 13.2. The number of aromatic nitrogens is 3. The number of hydrogen-bond donors (Lipinski definition) is 1. The van der Waals surface area contributed by atoms with E-state index in [0.717, 1.165) is 23.2 Å². The number of carbonyl (C=O) groups is 1. The number of para-hydroxylation sites is 1. The Morgan fingerprint density at radius 1 is 1.21 bits per heavy atom. The molecule has 172 valence electrons. The van der Waals surface area contributed by atoms with Crippen molar-refractivity contribution in [1.29, 1.82) is 0 Å². The molecule has 3 heterocycles. The second kappa shape index (κ2) is 9.14. The summed E-state index contributed by atoms with van der Waals surface area (Å²) in [4.78, 5) is 35.3. The second-order valence-corrected chi connectivity index (χ2v) is 9.66. The van der Waals surface area contributed by atoms with Crippen LogP contribution in [0.5, 0.6) is 0 Å². The summed E-state index contributed by atoms with van der Waals surface area (Å²) in [5, 5.41) is 3.41. The topological polar surface area (TPSA) is 76.9 Å². The average Bonchev–Trinajstić information content (AvgIpc) is 3.13. The number of benzene rings is 1. The van der Waals surface area contributed by atoms with Gasteiger partial charge in [-0.05, 0) is 30.2 Å². The number of nitrogens with one attached hydrogen (secondary N) is 1. The highest BCUT2D eigenvalue weighted by atomic mass is 32.2. The molecule has 0 spiro atoms. The van der Waals surface area contributed by atoms with Crippen molar-refractivity contribution in [2.45, 2.75) is 31.7 Å². The molecule has 0 saturated carbocycles. The van der Waals surface area contributed by atoms with Gasteiger partial charge in [-0.3, -0.25) is 14.2 Å². The molecule has 0 unspecified atom stereocenters. The highest BCUT2D eigenvalue weighted by molar-refractivity contribution is 7.99. The van der Waals surface area contributed by atoms with Crippen LogP contribution in [-0.2, 0) is 17.5 Å².